The molecule has 1 aromatic rings. The molecule has 0 aliphatic rings. The van der Waals surface area contributed by atoms with Gasteiger partial charge in [-0.05, 0) is 21.0 Å². The fourth-order valence-corrected chi connectivity index (χ4v) is 1.91. The maximum atomic E-state index is 7.17. The predicted molar refractivity (Wildman–Crippen MR) is 85.9 cm³/mol. The molecule has 2 nitrogen and oxygen atoms in total. The van der Waals surface area contributed by atoms with Crippen LogP contribution in [-0.4, -0.2) is 7.11 Å². The molecular weight excluding hydrogens is 570 g/mol. The van der Waals surface area contributed by atoms with Gasteiger partial charge in [0.1, 0.15) is 0 Å². The Hall–Kier alpha value is 1.46. The van der Waals surface area contributed by atoms with Gasteiger partial charge in [0.05, 0.1) is 7.11 Å². The molecule has 0 unspecified atom stereocenters. The van der Waals surface area contributed by atoms with Crippen LogP contribution in [0.5, 0.6) is 5.75 Å². The zero-order valence-corrected chi connectivity index (χ0v) is 16.0. The molecule has 0 saturated heterocycles. The average molecular weight is 581 g/mol. The van der Waals surface area contributed by atoms with E-state index < -0.39 is 21.0 Å². The van der Waals surface area contributed by atoms with Crippen molar-refractivity contribution >= 4 is 61.0 Å². The molecule has 0 aliphatic heterocycles. The van der Waals surface area contributed by atoms with Crippen LogP contribution >= 0.6 is 61.0 Å². The van der Waals surface area contributed by atoms with Crippen molar-refractivity contribution in [1.29, 1.82) is 3.56 Å². The maximum absolute atomic E-state index is 7.17. The first-order chi connectivity index (χ1) is 7.19. The van der Waals surface area contributed by atoms with Crippen molar-refractivity contribution in [1.82, 2.24) is 0 Å². The van der Waals surface area contributed by atoms with Gasteiger partial charge in [0.15, 0.2) is 0 Å². The third-order valence-electron chi connectivity index (χ3n) is 1.57. The Bertz CT molecular complexity index is 309. The minimum absolute atomic E-state index is 0.417. The summed E-state index contributed by atoms with van der Waals surface area (Å²) in [6.07, 6.45) is 0. The Morgan fingerprint density at radius 1 is 1.53 bits per heavy atom. The predicted octanol–water partition coefficient (Wildman–Crippen LogP) is 4.88. The fraction of sp³-hybridized carbons (Fsp3) is 0.222. The van der Waals surface area contributed by atoms with Crippen molar-refractivity contribution in [2.45, 2.75) is 4.43 Å². The van der Waals surface area contributed by atoms with Gasteiger partial charge in [0.25, 0.3) is 0 Å². The molecule has 0 heterocycles. The molecule has 0 bridgehead atoms. The van der Waals surface area contributed by atoms with Crippen LogP contribution in [0, 0.1) is 10.5 Å². The number of methoxy groups -OCH3 is 1. The van der Waals surface area contributed by atoms with E-state index in [2.05, 4.69) is 46.9 Å². The van der Waals surface area contributed by atoms with E-state index in [-0.39, 0.29) is 0 Å². The molecule has 1 N–H and O–H groups in total. The molecule has 1 aromatic carbocycles. The average Bonchev–Trinajstić information content (AvgIpc) is 2.20. The van der Waals surface area contributed by atoms with E-state index in [1.807, 2.05) is 18.2 Å². The van der Waals surface area contributed by atoms with E-state index in [0.717, 1.165) is 15.7 Å². The van der Waals surface area contributed by atoms with Gasteiger partial charge in [-0.25, -0.2) is 0 Å². The van der Waals surface area contributed by atoms with E-state index in [4.69, 9.17) is 8.30 Å². The van der Waals surface area contributed by atoms with E-state index in [1.54, 1.807) is 7.11 Å². The van der Waals surface area contributed by atoms with Crippen molar-refractivity contribution in [2.75, 3.05) is 7.11 Å². The molecule has 0 aromatic heterocycles. The van der Waals surface area contributed by atoms with Crippen LogP contribution in [0.3, 0.4) is 0 Å². The molecule has 6 heteroatoms. The molecule has 0 atom stereocenters. The summed E-state index contributed by atoms with van der Waals surface area (Å²) < 4.78 is 13.1. The molecule has 0 aliphatic carbocycles. The number of alkyl halides is 1. The molecular formula is C9H11I3NOV-. The van der Waals surface area contributed by atoms with Crippen molar-refractivity contribution in [3.63, 3.8) is 0 Å². The molecule has 0 saturated carbocycles. The van der Waals surface area contributed by atoms with Gasteiger partial charge in [-0.3, -0.25) is 3.56 Å². The van der Waals surface area contributed by atoms with Crippen LogP contribution in [0.25, 0.3) is 0 Å². The van der Waals surface area contributed by atoms with Gasteiger partial charge in [0.2, 0.25) is 0 Å². The number of benzene rings is 1. The van der Waals surface area contributed by atoms with Gasteiger partial charge in [0, 0.05) is 10.2 Å². The third-order valence-corrected chi connectivity index (χ3v) is 2.83. The summed E-state index contributed by atoms with van der Waals surface area (Å²) in [7, 11) is 2.27. The fourth-order valence-electron chi connectivity index (χ4n) is 0.992. The van der Waals surface area contributed by atoms with Crippen molar-refractivity contribution in [2.24, 2.45) is 0 Å². The summed E-state index contributed by atoms with van der Waals surface area (Å²) in [5.74, 6) is 0.821. The van der Waals surface area contributed by atoms with E-state index in [1.165, 1.54) is 5.56 Å². The van der Waals surface area contributed by atoms with Crippen molar-refractivity contribution < 1.29 is 14.2 Å². The first kappa shape index (κ1) is 16.5. The molecule has 85 valence electrons. The standard InChI is InChI=1S/C9H11INO.2HI.V/c1-7-5-8(6-10-11)3-4-9(7)12-2;;;/h3-5,11H,1,6H2,2H3;2*1H;/q-1;;;+2/p-2. The molecule has 15 heavy (non-hydrogen) atoms. The molecule has 0 spiro atoms. The summed E-state index contributed by atoms with van der Waals surface area (Å²) in [5, 5.41) is 0. The second kappa shape index (κ2) is 10.6. The van der Waals surface area contributed by atoms with Crippen molar-refractivity contribution in [3.05, 3.63) is 36.2 Å². The molecule has 1 rings (SSSR count). The number of halogens is 3. The molecule has 0 amide bonds. The summed E-state index contributed by atoms with van der Waals surface area (Å²) in [5.41, 5.74) is 2.11. The Kier molecular flexibility index (Phi) is 11.6. The minimum atomic E-state index is -0.417. The number of nitrogens with one attached hydrogen (secondary N) is 1. The Morgan fingerprint density at radius 2 is 2.13 bits per heavy atom. The van der Waals surface area contributed by atoms with Gasteiger partial charge >= 0.3 is 49.4 Å². The van der Waals surface area contributed by atoms with E-state index in [9.17, 15) is 0 Å². The van der Waals surface area contributed by atoms with Crippen LogP contribution in [0.2, 0.25) is 0 Å². The van der Waals surface area contributed by atoms with Gasteiger partial charge in [-0.1, -0.05) is 17.7 Å². The SMILES string of the molecule is [CH2-]c1cc(CI=N)ccc1OC.[I][V][I]. The first-order valence-electron chi connectivity index (χ1n) is 3.85. The second-order valence-electron chi connectivity index (χ2n) is 2.48. The Balaban J connectivity index is 0.000000583. The van der Waals surface area contributed by atoms with Crippen LogP contribution in [0.15, 0.2) is 18.2 Å². The third kappa shape index (κ3) is 7.40. The van der Waals surface area contributed by atoms with Gasteiger partial charge in [-0.15, -0.1) is 0 Å². The van der Waals surface area contributed by atoms with E-state index in [0.29, 0.717) is 9.47 Å². The monoisotopic (exact) mass is 581 g/mol. The van der Waals surface area contributed by atoms with E-state index >= 15 is 0 Å². The summed E-state index contributed by atoms with van der Waals surface area (Å²) in [6.45, 7) is 3.86. The van der Waals surface area contributed by atoms with Gasteiger partial charge in [-0.2, -0.15) is 18.6 Å². The number of ether oxygens (including phenoxy) is 1. The van der Waals surface area contributed by atoms with Crippen LogP contribution < -0.4 is 4.74 Å². The summed E-state index contributed by atoms with van der Waals surface area (Å²) in [6, 6.07) is 5.91. The van der Waals surface area contributed by atoms with Crippen LogP contribution in [0.1, 0.15) is 11.1 Å². The summed E-state index contributed by atoms with van der Waals surface area (Å²) in [4.78, 5) is 0. The Morgan fingerprint density at radius 3 is 2.53 bits per heavy atom. The topological polar surface area (TPSA) is 33.1 Å². The zero-order chi connectivity index (χ0) is 11.7. The van der Waals surface area contributed by atoms with Crippen molar-refractivity contribution in [3.8, 4) is 5.75 Å². The quantitative estimate of drug-likeness (QED) is 0.309. The normalized spacial score (nSPS) is 8.73. The molecule has 0 radical (unpaired) electrons. The second-order valence-corrected chi connectivity index (χ2v) is 15.8. The number of hydrogen-bond acceptors (Lipinski definition) is 2. The summed E-state index contributed by atoms with van der Waals surface area (Å²) >= 11 is 4.32. The Labute approximate surface area is 130 Å². The van der Waals surface area contributed by atoms with Crippen LogP contribution in [-0.2, 0) is 13.9 Å². The first-order valence-corrected chi connectivity index (χ1v) is 15.5. The van der Waals surface area contributed by atoms with Crippen LogP contribution in [0.4, 0.5) is 0 Å². The molecule has 0 fully saturated rings. The zero-order valence-electron chi connectivity index (χ0n) is 8.14. The van der Waals surface area contributed by atoms with Gasteiger partial charge < -0.3 is 4.74 Å². The number of hydrogen-bond donors (Lipinski definition) is 1. The number of rotatable bonds is 3.